The SMILES string of the molecule is CC(C)(C)c1csc(CC(NN)c2cn[nH]n2)n1. The van der Waals surface area contributed by atoms with Gasteiger partial charge in [-0.3, -0.25) is 11.3 Å². The molecular formula is C11H18N6S. The highest BCUT2D eigenvalue weighted by molar-refractivity contribution is 7.09. The molecule has 2 aromatic heterocycles. The molecule has 0 bridgehead atoms. The molecule has 0 saturated heterocycles. The molecule has 1 atom stereocenters. The van der Waals surface area contributed by atoms with Crippen molar-refractivity contribution in [2.75, 3.05) is 0 Å². The number of rotatable bonds is 4. The van der Waals surface area contributed by atoms with E-state index in [1.807, 2.05) is 0 Å². The van der Waals surface area contributed by atoms with Crippen LogP contribution in [0.4, 0.5) is 0 Å². The Morgan fingerprint density at radius 3 is 2.78 bits per heavy atom. The normalized spacial score (nSPS) is 13.8. The molecule has 0 amide bonds. The molecule has 2 rings (SSSR count). The number of hydrogen-bond acceptors (Lipinski definition) is 6. The van der Waals surface area contributed by atoms with E-state index in [1.165, 1.54) is 0 Å². The van der Waals surface area contributed by atoms with Crippen molar-refractivity contribution in [3.8, 4) is 0 Å². The molecule has 18 heavy (non-hydrogen) atoms. The number of thiazole rings is 1. The maximum atomic E-state index is 5.55. The minimum absolute atomic E-state index is 0.0669. The van der Waals surface area contributed by atoms with E-state index in [0.717, 1.165) is 16.4 Å². The second-order valence-electron chi connectivity index (χ2n) is 5.19. The van der Waals surface area contributed by atoms with Crippen LogP contribution in [0.1, 0.15) is 43.2 Å². The van der Waals surface area contributed by atoms with Crippen molar-refractivity contribution in [2.24, 2.45) is 5.84 Å². The second-order valence-corrected chi connectivity index (χ2v) is 6.14. The molecular weight excluding hydrogens is 248 g/mol. The van der Waals surface area contributed by atoms with Crippen molar-refractivity contribution in [2.45, 2.75) is 38.6 Å². The van der Waals surface area contributed by atoms with E-state index in [2.05, 4.69) is 52.0 Å². The minimum atomic E-state index is -0.0669. The fourth-order valence-corrected chi connectivity index (χ4v) is 2.62. The number of nitrogens with two attached hydrogens (primary N) is 1. The lowest BCUT2D eigenvalue weighted by Crippen LogP contribution is -2.30. The van der Waals surface area contributed by atoms with Crippen LogP contribution in [0.5, 0.6) is 0 Å². The summed E-state index contributed by atoms with van der Waals surface area (Å²) in [4.78, 5) is 4.64. The summed E-state index contributed by atoms with van der Waals surface area (Å²) >= 11 is 1.65. The van der Waals surface area contributed by atoms with E-state index in [4.69, 9.17) is 5.84 Å². The Hall–Kier alpha value is -1.31. The number of H-pyrrole nitrogens is 1. The van der Waals surface area contributed by atoms with Crippen molar-refractivity contribution in [1.29, 1.82) is 0 Å². The number of hydrogen-bond donors (Lipinski definition) is 3. The lowest BCUT2D eigenvalue weighted by molar-refractivity contribution is 0.529. The van der Waals surface area contributed by atoms with Crippen molar-refractivity contribution in [3.05, 3.63) is 28.0 Å². The quantitative estimate of drug-likeness (QED) is 0.573. The average Bonchev–Trinajstić information content (AvgIpc) is 2.95. The third-order valence-electron chi connectivity index (χ3n) is 2.69. The first-order chi connectivity index (χ1) is 8.50. The summed E-state index contributed by atoms with van der Waals surface area (Å²) in [7, 11) is 0. The smallest absolute Gasteiger partial charge is 0.101 e. The zero-order valence-electron chi connectivity index (χ0n) is 10.8. The topological polar surface area (TPSA) is 92.5 Å². The third kappa shape index (κ3) is 2.92. The van der Waals surface area contributed by atoms with Crippen molar-refractivity contribution >= 4 is 11.3 Å². The molecule has 0 aliphatic carbocycles. The number of aromatic nitrogens is 4. The van der Waals surface area contributed by atoms with Gasteiger partial charge in [-0.25, -0.2) is 4.98 Å². The van der Waals surface area contributed by atoms with Crippen LogP contribution in [-0.2, 0) is 11.8 Å². The van der Waals surface area contributed by atoms with Crippen molar-refractivity contribution in [3.63, 3.8) is 0 Å². The molecule has 0 spiro atoms. The summed E-state index contributed by atoms with van der Waals surface area (Å²) in [5.41, 5.74) is 4.73. The Labute approximate surface area is 110 Å². The standard InChI is InChI=1S/C11H18N6S/c1-11(2,3)9-6-18-10(14-9)4-7(15-12)8-5-13-17-16-8/h5-7,15H,4,12H2,1-3H3,(H,13,16,17). The van der Waals surface area contributed by atoms with Crippen LogP contribution >= 0.6 is 11.3 Å². The predicted octanol–water partition coefficient (Wildman–Crippen LogP) is 1.31. The number of nitrogens with one attached hydrogen (secondary N) is 2. The van der Waals surface area contributed by atoms with Crippen LogP contribution in [0.25, 0.3) is 0 Å². The Kier molecular flexibility index (Phi) is 3.74. The van der Waals surface area contributed by atoms with Crippen LogP contribution in [0, 0.1) is 0 Å². The summed E-state index contributed by atoms with van der Waals surface area (Å²) in [6.07, 6.45) is 2.38. The minimum Gasteiger partial charge on any atom is -0.271 e. The van der Waals surface area contributed by atoms with Gasteiger partial charge in [0.05, 0.1) is 22.9 Å². The van der Waals surface area contributed by atoms with Crippen LogP contribution in [0.2, 0.25) is 0 Å². The van der Waals surface area contributed by atoms with Crippen LogP contribution < -0.4 is 11.3 Å². The number of aromatic amines is 1. The molecule has 2 heterocycles. The first-order valence-corrected chi connectivity index (χ1v) is 6.65. The van der Waals surface area contributed by atoms with Gasteiger partial charge in [0, 0.05) is 17.2 Å². The average molecular weight is 266 g/mol. The molecule has 0 aliphatic heterocycles. The van der Waals surface area contributed by atoms with E-state index in [1.54, 1.807) is 17.5 Å². The second kappa shape index (κ2) is 5.13. The molecule has 0 saturated carbocycles. The molecule has 2 aromatic rings. The van der Waals surface area contributed by atoms with Gasteiger partial charge < -0.3 is 0 Å². The van der Waals surface area contributed by atoms with E-state index in [0.29, 0.717) is 6.42 Å². The molecule has 98 valence electrons. The maximum Gasteiger partial charge on any atom is 0.101 e. The van der Waals surface area contributed by atoms with E-state index in [9.17, 15) is 0 Å². The zero-order valence-corrected chi connectivity index (χ0v) is 11.6. The first-order valence-electron chi connectivity index (χ1n) is 5.77. The summed E-state index contributed by atoms with van der Waals surface area (Å²) in [5, 5.41) is 13.6. The summed E-state index contributed by atoms with van der Waals surface area (Å²) in [6, 6.07) is -0.0669. The van der Waals surface area contributed by atoms with Gasteiger partial charge in [-0.15, -0.1) is 11.3 Å². The van der Waals surface area contributed by atoms with Crippen LogP contribution in [0.15, 0.2) is 11.6 Å². The lowest BCUT2D eigenvalue weighted by Gasteiger charge is -2.14. The Balaban J connectivity index is 2.11. The zero-order chi connectivity index (χ0) is 13.2. The first kappa shape index (κ1) is 13.1. The van der Waals surface area contributed by atoms with Crippen molar-refractivity contribution in [1.82, 2.24) is 25.8 Å². The molecule has 0 aromatic carbocycles. The van der Waals surface area contributed by atoms with Crippen molar-refractivity contribution < 1.29 is 0 Å². The Morgan fingerprint density at radius 1 is 1.50 bits per heavy atom. The van der Waals surface area contributed by atoms with Crippen LogP contribution in [0.3, 0.4) is 0 Å². The number of hydrazine groups is 1. The monoisotopic (exact) mass is 266 g/mol. The van der Waals surface area contributed by atoms with Gasteiger partial charge >= 0.3 is 0 Å². The summed E-state index contributed by atoms with van der Waals surface area (Å²) in [6.45, 7) is 6.46. The predicted molar refractivity (Wildman–Crippen MR) is 71.0 cm³/mol. The molecule has 1 unspecified atom stereocenters. The van der Waals surface area contributed by atoms with Gasteiger partial charge in [-0.1, -0.05) is 20.8 Å². The van der Waals surface area contributed by atoms with Gasteiger partial charge in [-0.2, -0.15) is 15.4 Å². The van der Waals surface area contributed by atoms with Gasteiger partial charge in [0.15, 0.2) is 0 Å². The van der Waals surface area contributed by atoms with Gasteiger partial charge in [0.1, 0.15) is 5.69 Å². The highest BCUT2D eigenvalue weighted by Gasteiger charge is 2.20. The summed E-state index contributed by atoms with van der Waals surface area (Å²) in [5.74, 6) is 5.55. The summed E-state index contributed by atoms with van der Waals surface area (Å²) < 4.78 is 0. The molecule has 0 fully saturated rings. The van der Waals surface area contributed by atoms with Gasteiger partial charge in [0.2, 0.25) is 0 Å². The van der Waals surface area contributed by atoms with E-state index >= 15 is 0 Å². The molecule has 4 N–H and O–H groups in total. The van der Waals surface area contributed by atoms with Gasteiger partial charge in [0.25, 0.3) is 0 Å². The maximum absolute atomic E-state index is 5.55. The van der Waals surface area contributed by atoms with E-state index < -0.39 is 0 Å². The molecule has 6 nitrogen and oxygen atoms in total. The van der Waals surface area contributed by atoms with E-state index in [-0.39, 0.29) is 11.5 Å². The highest BCUT2D eigenvalue weighted by atomic mass is 32.1. The Bertz CT molecular complexity index is 484. The molecule has 0 radical (unpaired) electrons. The Morgan fingerprint density at radius 2 is 2.28 bits per heavy atom. The molecule has 0 aliphatic rings. The van der Waals surface area contributed by atoms with Crippen LogP contribution in [-0.4, -0.2) is 20.4 Å². The lowest BCUT2D eigenvalue weighted by atomic mass is 9.93. The van der Waals surface area contributed by atoms with Gasteiger partial charge in [-0.05, 0) is 0 Å². The fraction of sp³-hybridized carbons (Fsp3) is 0.545. The number of nitrogens with zero attached hydrogens (tertiary/aromatic N) is 3. The highest BCUT2D eigenvalue weighted by Crippen LogP contribution is 2.26. The third-order valence-corrected chi connectivity index (χ3v) is 3.56. The fourth-order valence-electron chi connectivity index (χ4n) is 1.55. The largest absolute Gasteiger partial charge is 0.271 e. The molecule has 7 heteroatoms.